The molecule has 5 nitrogen and oxygen atoms in total. The number of nitrogens with two attached hydrogens (primary N) is 1. The molecule has 0 atom stereocenters. The molecule has 0 radical (unpaired) electrons. The van der Waals surface area contributed by atoms with Crippen LogP contribution in [0.3, 0.4) is 0 Å². The van der Waals surface area contributed by atoms with Crippen molar-refractivity contribution in [2.45, 2.75) is 25.9 Å². The number of anilines is 1. The van der Waals surface area contributed by atoms with Crippen LogP contribution in [0.5, 0.6) is 5.75 Å². The van der Waals surface area contributed by atoms with Gasteiger partial charge in [0, 0.05) is 25.3 Å². The third-order valence-electron chi connectivity index (χ3n) is 2.97. The Kier molecular flexibility index (Phi) is 5.18. The first-order valence-electron chi connectivity index (χ1n) is 6.05. The highest BCUT2D eigenvalue weighted by molar-refractivity contribution is 5.95. The van der Waals surface area contributed by atoms with Gasteiger partial charge in [-0.05, 0) is 26.0 Å². The third-order valence-corrected chi connectivity index (χ3v) is 2.97. The third kappa shape index (κ3) is 4.44. The highest BCUT2D eigenvalue weighted by Gasteiger charge is 2.18. The van der Waals surface area contributed by atoms with Crippen LogP contribution < -0.4 is 10.5 Å². The summed E-state index contributed by atoms with van der Waals surface area (Å²) in [5.41, 5.74) is 6.15. The van der Waals surface area contributed by atoms with Crippen LogP contribution in [0.1, 0.15) is 30.6 Å². The lowest BCUT2D eigenvalue weighted by Gasteiger charge is -2.22. The van der Waals surface area contributed by atoms with Gasteiger partial charge in [-0.15, -0.1) is 0 Å². The maximum Gasteiger partial charge on any atom is 0.340 e. The van der Waals surface area contributed by atoms with Crippen molar-refractivity contribution in [3.05, 3.63) is 23.8 Å². The molecular formula is C14H21NO4. The molecule has 0 aliphatic carbocycles. The van der Waals surface area contributed by atoms with Crippen molar-refractivity contribution in [2.24, 2.45) is 0 Å². The molecule has 0 bridgehead atoms. The van der Waals surface area contributed by atoms with Crippen LogP contribution in [0.2, 0.25) is 0 Å². The van der Waals surface area contributed by atoms with E-state index in [4.69, 9.17) is 19.9 Å². The summed E-state index contributed by atoms with van der Waals surface area (Å²) in [5, 5.41) is 0. The number of hydrogen-bond acceptors (Lipinski definition) is 5. The summed E-state index contributed by atoms with van der Waals surface area (Å²) < 4.78 is 15.4. The minimum Gasteiger partial charge on any atom is -0.497 e. The fourth-order valence-electron chi connectivity index (χ4n) is 1.42. The van der Waals surface area contributed by atoms with E-state index >= 15 is 0 Å². The van der Waals surface area contributed by atoms with Crippen LogP contribution in [0.25, 0.3) is 0 Å². The van der Waals surface area contributed by atoms with Crippen LogP contribution in [-0.2, 0) is 9.47 Å². The molecule has 1 aromatic carbocycles. The number of carbonyl (C=O) groups is 1. The number of nitrogen functional groups attached to an aromatic ring is 1. The van der Waals surface area contributed by atoms with Crippen molar-refractivity contribution in [1.82, 2.24) is 0 Å². The van der Waals surface area contributed by atoms with Crippen LogP contribution in [-0.4, -0.2) is 32.4 Å². The second-order valence-electron chi connectivity index (χ2n) is 4.80. The molecule has 5 heteroatoms. The van der Waals surface area contributed by atoms with E-state index in [2.05, 4.69) is 0 Å². The Morgan fingerprint density at radius 3 is 2.53 bits per heavy atom. The van der Waals surface area contributed by atoms with Crippen molar-refractivity contribution >= 4 is 11.7 Å². The van der Waals surface area contributed by atoms with Crippen molar-refractivity contribution in [3.63, 3.8) is 0 Å². The van der Waals surface area contributed by atoms with E-state index in [1.54, 1.807) is 32.4 Å². The van der Waals surface area contributed by atoms with E-state index in [9.17, 15) is 4.79 Å². The molecule has 0 amide bonds. The Bertz CT molecular complexity index is 443. The SMILES string of the molecule is COc1ccc(C(=O)OCCC(C)(C)OC)c(N)c1. The maximum atomic E-state index is 11.9. The average molecular weight is 267 g/mol. The first-order chi connectivity index (χ1) is 8.89. The van der Waals surface area contributed by atoms with E-state index in [0.29, 0.717) is 23.4 Å². The minimum absolute atomic E-state index is 0.283. The predicted octanol–water partition coefficient (Wildman–Crippen LogP) is 2.25. The van der Waals surface area contributed by atoms with E-state index in [-0.39, 0.29) is 12.2 Å². The fourth-order valence-corrected chi connectivity index (χ4v) is 1.42. The molecule has 0 saturated carbocycles. The zero-order valence-corrected chi connectivity index (χ0v) is 11.9. The monoisotopic (exact) mass is 267 g/mol. The van der Waals surface area contributed by atoms with Gasteiger partial charge in [0.2, 0.25) is 0 Å². The predicted molar refractivity (Wildman–Crippen MR) is 73.4 cm³/mol. The zero-order chi connectivity index (χ0) is 14.5. The largest absolute Gasteiger partial charge is 0.497 e. The molecule has 1 rings (SSSR count). The van der Waals surface area contributed by atoms with Crippen LogP contribution in [0.15, 0.2) is 18.2 Å². The van der Waals surface area contributed by atoms with Gasteiger partial charge in [-0.1, -0.05) is 0 Å². The van der Waals surface area contributed by atoms with Crippen molar-refractivity contribution in [3.8, 4) is 5.75 Å². The zero-order valence-electron chi connectivity index (χ0n) is 11.9. The van der Waals surface area contributed by atoms with Gasteiger partial charge < -0.3 is 19.9 Å². The summed E-state index contributed by atoms with van der Waals surface area (Å²) in [5.74, 6) is 0.168. The summed E-state index contributed by atoms with van der Waals surface area (Å²) >= 11 is 0. The molecule has 0 heterocycles. The van der Waals surface area contributed by atoms with Crippen LogP contribution in [0.4, 0.5) is 5.69 Å². The van der Waals surface area contributed by atoms with Gasteiger partial charge >= 0.3 is 5.97 Å². The number of benzene rings is 1. The van der Waals surface area contributed by atoms with Gasteiger partial charge in [0.1, 0.15) is 5.75 Å². The van der Waals surface area contributed by atoms with Crippen molar-refractivity contribution in [1.29, 1.82) is 0 Å². The number of ether oxygens (including phenoxy) is 3. The lowest BCUT2D eigenvalue weighted by molar-refractivity contribution is -0.00559. The standard InChI is InChI=1S/C14H21NO4/c1-14(2,18-4)7-8-19-13(16)11-6-5-10(17-3)9-12(11)15/h5-6,9H,7-8,15H2,1-4H3. The summed E-state index contributed by atoms with van der Waals surface area (Å²) in [4.78, 5) is 11.9. The summed E-state index contributed by atoms with van der Waals surface area (Å²) in [7, 11) is 3.17. The topological polar surface area (TPSA) is 70.8 Å². The van der Waals surface area contributed by atoms with Crippen molar-refractivity contribution < 1.29 is 19.0 Å². The quantitative estimate of drug-likeness (QED) is 0.632. The first kappa shape index (κ1) is 15.3. The number of rotatable bonds is 6. The molecular weight excluding hydrogens is 246 g/mol. The summed E-state index contributed by atoms with van der Waals surface area (Å²) in [6.07, 6.45) is 0.616. The Morgan fingerprint density at radius 2 is 2.00 bits per heavy atom. The van der Waals surface area contributed by atoms with Crippen LogP contribution >= 0.6 is 0 Å². The van der Waals surface area contributed by atoms with Gasteiger partial charge in [-0.3, -0.25) is 0 Å². The average Bonchev–Trinajstić information content (AvgIpc) is 2.38. The lowest BCUT2D eigenvalue weighted by Crippen LogP contribution is -2.25. The molecule has 19 heavy (non-hydrogen) atoms. The molecule has 0 spiro atoms. The highest BCUT2D eigenvalue weighted by Crippen LogP contribution is 2.21. The molecule has 106 valence electrons. The smallest absolute Gasteiger partial charge is 0.340 e. The fraction of sp³-hybridized carbons (Fsp3) is 0.500. The van der Waals surface area contributed by atoms with E-state index < -0.39 is 5.97 Å². The highest BCUT2D eigenvalue weighted by atomic mass is 16.5. The van der Waals surface area contributed by atoms with Crippen molar-refractivity contribution in [2.75, 3.05) is 26.6 Å². The first-order valence-corrected chi connectivity index (χ1v) is 6.05. The summed E-state index contributed by atoms with van der Waals surface area (Å²) in [6.45, 7) is 4.15. The van der Waals surface area contributed by atoms with E-state index in [1.165, 1.54) is 0 Å². The molecule has 0 fully saturated rings. The number of methoxy groups -OCH3 is 2. The Morgan fingerprint density at radius 1 is 1.32 bits per heavy atom. The van der Waals surface area contributed by atoms with Crippen LogP contribution in [0, 0.1) is 0 Å². The minimum atomic E-state index is -0.438. The lowest BCUT2D eigenvalue weighted by atomic mass is 10.1. The molecule has 0 aliphatic heterocycles. The molecule has 0 unspecified atom stereocenters. The molecule has 1 aromatic rings. The Balaban J connectivity index is 2.59. The second-order valence-corrected chi connectivity index (χ2v) is 4.80. The second kappa shape index (κ2) is 6.43. The van der Waals surface area contributed by atoms with Gasteiger partial charge in [0.25, 0.3) is 0 Å². The normalized spacial score (nSPS) is 11.2. The number of esters is 1. The number of hydrogen-bond donors (Lipinski definition) is 1. The van der Waals surface area contributed by atoms with E-state index in [0.717, 1.165) is 0 Å². The van der Waals surface area contributed by atoms with Gasteiger partial charge in [0.05, 0.1) is 24.9 Å². The number of carbonyl (C=O) groups excluding carboxylic acids is 1. The Labute approximate surface area is 113 Å². The maximum absolute atomic E-state index is 11.9. The van der Waals surface area contributed by atoms with Gasteiger partial charge in [-0.2, -0.15) is 0 Å². The van der Waals surface area contributed by atoms with Gasteiger partial charge in [-0.25, -0.2) is 4.79 Å². The van der Waals surface area contributed by atoms with E-state index in [1.807, 2.05) is 13.8 Å². The molecule has 0 aliphatic rings. The molecule has 0 saturated heterocycles. The molecule has 0 aromatic heterocycles. The summed E-state index contributed by atoms with van der Waals surface area (Å²) in [6, 6.07) is 4.86. The van der Waals surface area contributed by atoms with Gasteiger partial charge in [0.15, 0.2) is 0 Å². The molecule has 2 N–H and O–H groups in total. The Hall–Kier alpha value is -1.75.